The largest absolute Gasteiger partial charge is 0.367 e. The maximum Gasteiger partial charge on any atom is 0.226 e. The van der Waals surface area contributed by atoms with E-state index in [0.29, 0.717) is 13.0 Å². The Morgan fingerprint density at radius 1 is 1.58 bits per heavy atom. The van der Waals surface area contributed by atoms with E-state index in [1.54, 1.807) is 11.3 Å². The molecule has 0 aliphatic heterocycles. The first-order valence-corrected chi connectivity index (χ1v) is 6.91. The van der Waals surface area contributed by atoms with Crippen LogP contribution in [0.2, 0.25) is 0 Å². The molecule has 3 heterocycles. The van der Waals surface area contributed by atoms with Crippen LogP contribution in [0, 0.1) is 6.92 Å². The van der Waals surface area contributed by atoms with Crippen LogP contribution in [0.5, 0.6) is 0 Å². The molecule has 0 aliphatic rings. The van der Waals surface area contributed by atoms with Gasteiger partial charge in [0, 0.05) is 36.2 Å². The molecule has 3 rings (SSSR count). The molecule has 1 amide bonds. The summed E-state index contributed by atoms with van der Waals surface area (Å²) in [6.07, 6.45) is 6.06. The van der Waals surface area contributed by atoms with E-state index < -0.39 is 0 Å². The number of aromatic nitrogens is 3. The number of amides is 1. The van der Waals surface area contributed by atoms with E-state index in [-0.39, 0.29) is 5.91 Å². The average molecular weight is 274 g/mol. The minimum absolute atomic E-state index is 0.0206. The van der Waals surface area contributed by atoms with Gasteiger partial charge in [-0.2, -0.15) is 0 Å². The van der Waals surface area contributed by atoms with E-state index in [9.17, 15) is 4.79 Å². The Morgan fingerprint density at radius 3 is 3.26 bits per heavy atom. The first-order chi connectivity index (χ1) is 9.22. The van der Waals surface area contributed by atoms with Gasteiger partial charge in [-0.15, -0.1) is 11.3 Å². The van der Waals surface area contributed by atoms with Gasteiger partial charge in [0.05, 0.1) is 12.1 Å². The van der Waals surface area contributed by atoms with Crippen LogP contribution in [-0.4, -0.2) is 20.3 Å². The Balaban J connectivity index is 1.65. The fourth-order valence-electron chi connectivity index (χ4n) is 1.96. The monoisotopic (exact) mass is 274 g/mol. The zero-order chi connectivity index (χ0) is 13.2. The van der Waals surface area contributed by atoms with Crippen molar-refractivity contribution in [1.29, 1.82) is 0 Å². The van der Waals surface area contributed by atoms with Gasteiger partial charge >= 0.3 is 0 Å². The average Bonchev–Trinajstić information content (AvgIpc) is 3.06. The molecule has 3 aromatic heterocycles. The Kier molecular flexibility index (Phi) is 3.08. The Bertz CT molecular complexity index is 695. The van der Waals surface area contributed by atoms with E-state index in [1.807, 2.05) is 41.4 Å². The number of aryl methyl sites for hydroxylation is 1. The molecule has 0 aliphatic carbocycles. The molecular formula is C13H14N4OS. The lowest BCUT2D eigenvalue weighted by Gasteiger charge is -2.03. The van der Waals surface area contributed by atoms with E-state index in [1.165, 1.54) is 0 Å². The molecule has 0 unspecified atom stereocenters. The lowest BCUT2D eigenvalue weighted by molar-refractivity contribution is -0.120. The third-order valence-corrected chi connectivity index (χ3v) is 3.79. The highest BCUT2D eigenvalue weighted by Crippen LogP contribution is 2.16. The number of carbonyl (C=O) groups is 1. The summed E-state index contributed by atoms with van der Waals surface area (Å²) in [5.74, 6) is 0.0206. The molecule has 2 N–H and O–H groups in total. The van der Waals surface area contributed by atoms with Crippen molar-refractivity contribution < 1.29 is 4.79 Å². The second-order valence-electron chi connectivity index (χ2n) is 4.43. The Hall–Kier alpha value is -2.08. The van der Waals surface area contributed by atoms with Gasteiger partial charge in [0.1, 0.15) is 0 Å². The van der Waals surface area contributed by atoms with Gasteiger partial charge in [0.25, 0.3) is 0 Å². The fourth-order valence-corrected chi connectivity index (χ4v) is 2.88. The van der Waals surface area contributed by atoms with Gasteiger partial charge in [-0.25, -0.2) is 4.98 Å². The molecular weight excluding hydrogens is 260 g/mol. The highest BCUT2D eigenvalue weighted by atomic mass is 32.1. The molecule has 0 atom stereocenters. The lowest BCUT2D eigenvalue weighted by Crippen LogP contribution is -2.24. The summed E-state index contributed by atoms with van der Waals surface area (Å²) >= 11 is 1.56. The summed E-state index contributed by atoms with van der Waals surface area (Å²) in [4.78, 5) is 20.2. The van der Waals surface area contributed by atoms with E-state index >= 15 is 0 Å². The summed E-state index contributed by atoms with van der Waals surface area (Å²) in [5, 5.41) is 4.89. The molecule has 98 valence electrons. The van der Waals surface area contributed by atoms with Crippen LogP contribution < -0.4 is 5.32 Å². The number of H-pyrrole nitrogens is 1. The highest BCUT2D eigenvalue weighted by Gasteiger charge is 2.10. The van der Waals surface area contributed by atoms with Crippen LogP contribution in [0.25, 0.3) is 4.96 Å². The molecule has 0 aromatic carbocycles. The number of hydrogen-bond acceptors (Lipinski definition) is 3. The molecule has 0 saturated heterocycles. The van der Waals surface area contributed by atoms with Gasteiger partial charge < -0.3 is 10.3 Å². The molecule has 0 radical (unpaired) electrons. The number of thiazole rings is 1. The van der Waals surface area contributed by atoms with Crippen LogP contribution >= 0.6 is 11.3 Å². The van der Waals surface area contributed by atoms with Crippen molar-refractivity contribution in [2.24, 2.45) is 0 Å². The van der Waals surface area contributed by atoms with Crippen molar-refractivity contribution in [3.63, 3.8) is 0 Å². The maximum absolute atomic E-state index is 11.9. The van der Waals surface area contributed by atoms with Gasteiger partial charge in [0.2, 0.25) is 5.91 Å². The molecule has 0 spiro atoms. The van der Waals surface area contributed by atoms with Crippen molar-refractivity contribution in [2.75, 3.05) is 0 Å². The van der Waals surface area contributed by atoms with Crippen molar-refractivity contribution in [3.05, 3.63) is 47.0 Å². The molecule has 19 heavy (non-hydrogen) atoms. The number of rotatable bonds is 4. The van der Waals surface area contributed by atoms with Crippen LogP contribution in [0.4, 0.5) is 0 Å². The number of nitrogens with one attached hydrogen (secondary N) is 2. The summed E-state index contributed by atoms with van der Waals surface area (Å²) in [7, 11) is 0. The SMILES string of the molecule is Cc1cn2c(CC(=O)NCc3cc[nH]c3)csc2n1. The van der Waals surface area contributed by atoms with Gasteiger partial charge in [0.15, 0.2) is 4.96 Å². The minimum Gasteiger partial charge on any atom is -0.367 e. The number of imidazole rings is 1. The fraction of sp³-hybridized carbons (Fsp3) is 0.231. The van der Waals surface area contributed by atoms with Gasteiger partial charge in [-0.1, -0.05) is 0 Å². The number of hydrogen-bond donors (Lipinski definition) is 2. The van der Waals surface area contributed by atoms with Crippen LogP contribution in [0.1, 0.15) is 17.0 Å². The molecule has 6 heteroatoms. The zero-order valence-corrected chi connectivity index (χ0v) is 11.3. The molecule has 3 aromatic rings. The third kappa shape index (κ3) is 2.53. The third-order valence-electron chi connectivity index (χ3n) is 2.90. The van der Waals surface area contributed by atoms with E-state index in [2.05, 4.69) is 15.3 Å². The molecule has 0 saturated carbocycles. The molecule has 0 bridgehead atoms. The predicted octanol–water partition coefficient (Wildman–Crippen LogP) is 1.89. The van der Waals surface area contributed by atoms with E-state index in [0.717, 1.165) is 21.9 Å². The van der Waals surface area contributed by atoms with Crippen molar-refractivity contribution in [1.82, 2.24) is 19.7 Å². The van der Waals surface area contributed by atoms with Gasteiger partial charge in [-0.3, -0.25) is 9.20 Å². The standard InChI is InChI=1S/C13H14N4OS/c1-9-7-17-11(8-19-13(17)16-9)4-12(18)15-6-10-2-3-14-5-10/h2-3,5,7-8,14H,4,6H2,1H3,(H,15,18). The van der Waals surface area contributed by atoms with Crippen molar-refractivity contribution in [2.45, 2.75) is 19.9 Å². The topological polar surface area (TPSA) is 62.2 Å². The summed E-state index contributed by atoms with van der Waals surface area (Å²) < 4.78 is 1.98. The number of fused-ring (bicyclic) bond motifs is 1. The Morgan fingerprint density at radius 2 is 2.47 bits per heavy atom. The van der Waals surface area contributed by atoms with E-state index in [4.69, 9.17) is 0 Å². The second kappa shape index (κ2) is 4.89. The first kappa shape index (κ1) is 12.0. The van der Waals surface area contributed by atoms with Gasteiger partial charge in [-0.05, 0) is 18.6 Å². The van der Waals surface area contributed by atoms with Crippen molar-refractivity contribution in [3.8, 4) is 0 Å². The number of aromatic amines is 1. The molecule has 0 fully saturated rings. The van der Waals surface area contributed by atoms with Crippen LogP contribution in [0.3, 0.4) is 0 Å². The smallest absolute Gasteiger partial charge is 0.226 e. The normalized spacial score (nSPS) is 11.0. The predicted molar refractivity (Wildman–Crippen MR) is 74.1 cm³/mol. The zero-order valence-electron chi connectivity index (χ0n) is 10.5. The summed E-state index contributed by atoms with van der Waals surface area (Å²) in [6.45, 7) is 2.51. The Labute approximate surface area is 114 Å². The number of nitrogens with zero attached hydrogens (tertiary/aromatic N) is 2. The maximum atomic E-state index is 11.9. The second-order valence-corrected chi connectivity index (χ2v) is 5.27. The molecule has 5 nitrogen and oxygen atoms in total. The number of carbonyl (C=O) groups excluding carboxylic acids is 1. The minimum atomic E-state index is 0.0206. The summed E-state index contributed by atoms with van der Waals surface area (Å²) in [6, 6.07) is 1.95. The quantitative estimate of drug-likeness (QED) is 0.763. The lowest BCUT2D eigenvalue weighted by atomic mass is 10.3. The highest BCUT2D eigenvalue weighted by molar-refractivity contribution is 7.15. The van der Waals surface area contributed by atoms with Crippen LogP contribution in [-0.2, 0) is 17.8 Å². The first-order valence-electron chi connectivity index (χ1n) is 6.03. The van der Waals surface area contributed by atoms with Crippen molar-refractivity contribution >= 4 is 22.2 Å². The van der Waals surface area contributed by atoms with Crippen LogP contribution in [0.15, 0.2) is 30.0 Å². The summed E-state index contributed by atoms with van der Waals surface area (Å²) in [5.41, 5.74) is 3.02.